The number of ether oxygens (including phenoxy) is 1. The Balaban J connectivity index is 1.59. The quantitative estimate of drug-likeness (QED) is 0.772. The first-order valence-electron chi connectivity index (χ1n) is 9.58. The van der Waals surface area contributed by atoms with Crippen LogP contribution in [0.1, 0.15) is 49.5 Å². The van der Waals surface area contributed by atoms with E-state index in [9.17, 15) is 9.59 Å². The predicted octanol–water partition coefficient (Wildman–Crippen LogP) is 1.75. The molecule has 0 aromatic carbocycles. The Morgan fingerprint density at radius 2 is 2.08 bits per heavy atom. The van der Waals surface area contributed by atoms with Crippen LogP contribution in [-0.2, 0) is 9.53 Å². The van der Waals surface area contributed by atoms with Gasteiger partial charge < -0.3 is 14.5 Å². The van der Waals surface area contributed by atoms with E-state index in [1.807, 2.05) is 4.90 Å². The average molecular weight is 360 g/mol. The molecule has 1 aromatic rings. The summed E-state index contributed by atoms with van der Waals surface area (Å²) >= 11 is 0. The second kappa shape index (κ2) is 9.07. The molecule has 2 saturated heterocycles. The number of likely N-dealkylation sites (tertiary alicyclic amines) is 1. The van der Waals surface area contributed by atoms with Gasteiger partial charge in [0.25, 0.3) is 5.91 Å². The first-order valence-corrected chi connectivity index (χ1v) is 9.58. The number of hydrogen-bond acceptors (Lipinski definition) is 5. The van der Waals surface area contributed by atoms with Gasteiger partial charge in [0, 0.05) is 51.6 Å². The Morgan fingerprint density at radius 3 is 2.73 bits per heavy atom. The van der Waals surface area contributed by atoms with E-state index < -0.39 is 0 Å². The molecule has 142 valence electrons. The lowest BCUT2D eigenvalue weighted by atomic mass is 9.99. The zero-order valence-corrected chi connectivity index (χ0v) is 15.5. The summed E-state index contributed by atoms with van der Waals surface area (Å²) in [4.78, 5) is 37.1. The Kier molecular flexibility index (Phi) is 6.55. The van der Waals surface area contributed by atoms with Gasteiger partial charge in [0.1, 0.15) is 5.69 Å². The molecule has 0 radical (unpaired) electrons. The SMILES string of the molecule is CC1CCN(C(=O)CCN(CC2CCCO2)C(=O)c2cnccn2)CC1. The molecule has 0 N–H and O–H groups in total. The molecular formula is C19H28N4O3. The largest absolute Gasteiger partial charge is 0.376 e. The van der Waals surface area contributed by atoms with Crippen LogP contribution in [0.2, 0.25) is 0 Å². The molecular weight excluding hydrogens is 332 g/mol. The number of nitrogens with zero attached hydrogens (tertiary/aromatic N) is 4. The summed E-state index contributed by atoms with van der Waals surface area (Å²) in [6, 6.07) is 0. The van der Waals surface area contributed by atoms with Crippen LogP contribution in [0.25, 0.3) is 0 Å². The van der Waals surface area contributed by atoms with Gasteiger partial charge >= 0.3 is 0 Å². The van der Waals surface area contributed by atoms with Crippen molar-refractivity contribution in [2.45, 2.75) is 45.1 Å². The van der Waals surface area contributed by atoms with Crippen molar-refractivity contribution < 1.29 is 14.3 Å². The molecule has 2 aliphatic rings. The molecule has 2 aliphatic heterocycles. The van der Waals surface area contributed by atoms with Crippen LogP contribution in [-0.4, -0.2) is 70.5 Å². The first-order chi connectivity index (χ1) is 12.6. The third-order valence-corrected chi connectivity index (χ3v) is 5.25. The number of amides is 2. The second-order valence-electron chi connectivity index (χ2n) is 7.29. The van der Waals surface area contributed by atoms with Crippen molar-refractivity contribution in [3.05, 3.63) is 24.3 Å². The van der Waals surface area contributed by atoms with E-state index in [-0.39, 0.29) is 17.9 Å². The number of aromatic nitrogens is 2. The van der Waals surface area contributed by atoms with E-state index in [0.29, 0.717) is 31.1 Å². The van der Waals surface area contributed by atoms with Crippen LogP contribution < -0.4 is 0 Å². The van der Waals surface area contributed by atoms with Crippen LogP contribution in [0, 0.1) is 5.92 Å². The van der Waals surface area contributed by atoms with E-state index >= 15 is 0 Å². The van der Waals surface area contributed by atoms with Gasteiger partial charge in [-0.15, -0.1) is 0 Å². The fraction of sp³-hybridized carbons (Fsp3) is 0.684. The van der Waals surface area contributed by atoms with E-state index in [2.05, 4.69) is 16.9 Å². The summed E-state index contributed by atoms with van der Waals surface area (Å²) in [7, 11) is 0. The Morgan fingerprint density at radius 1 is 1.27 bits per heavy atom. The third kappa shape index (κ3) is 5.00. The molecule has 0 saturated carbocycles. The zero-order valence-electron chi connectivity index (χ0n) is 15.5. The second-order valence-corrected chi connectivity index (χ2v) is 7.29. The van der Waals surface area contributed by atoms with Gasteiger partial charge in [0.05, 0.1) is 12.3 Å². The fourth-order valence-electron chi connectivity index (χ4n) is 3.53. The summed E-state index contributed by atoms with van der Waals surface area (Å²) in [5.41, 5.74) is 0.310. The standard InChI is InChI=1S/C19H28N4O3/c1-15-4-9-22(10-5-15)18(24)6-11-23(14-16-3-2-12-26-16)19(25)17-13-20-7-8-21-17/h7-8,13,15-16H,2-6,9-12,14H2,1H3. The van der Waals surface area contributed by atoms with Crippen LogP contribution in [0.15, 0.2) is 18.6 Å². The van der Waals surface area contributed by atoms with E-state index in [4.69, 9.17) is 4.74 Å². The van der Waals surface area contributed by atoms with Gasteiger partial charge in [-0.1, -0.05) is 6.92 Å². The smallest absolute Gasteiger partial charge is 0.274 e. The fourth-order valence-corrected chi connectivity index (χ4v) is 3.53. The van der Waals surface area contributed by atoms with Crippen molar-refractivity contribution in [3.63, 3.8) is 0 Å². The summed E-state index contributed by atoms with van der Waals surface area (Å²) < 4.78 is 5.68. The van der Waals surface area contributed by atoms with Crippen molar-refractivity contribution in [2.75, 3.05) is 32.8 Å². The molecule has 1 atom stereocenters. The molecule has 0 spiro atoms. The minimum atomic E-state index is -0.186. The minimum absolute atomic E-state index is 0.0431. The first kappa shape index (κ1) is 18.8. The monoisotopic (exact) mass is 360 g/mol. The van der Waals surface area contributed by atoms with Crippen molar-refractivity contribution in [3.8, 4) is 0 Å². The van der Waals surface area contributed by atoms with Crippen molar-refractivity contribution in [2.24, 2.45) is 5.92 Å². The van der Waals surface area contributed by atoms with Crippen LogP contribution in [0.5, 0.6) is 0 Å². The average Bonchev–Trinajstić information content (AvgIpc) is 3.18. The van der Waals surface area contributed by atoms with Gasteiger partial charge in [0.15, 0.2) is 0 Å². The van der Waals surface area contributed by atoms with Gasteiger partial charge in [-0.2, -0.15) is 0 Å². The van der Waals surface area contributed by atoms with Crippen LogP contribution in [0.4, 0.5) is 0 Å². The number of carbonyl (C=O) groups is 2. The zero-order chi connectivity index (χ0) is 18.4. The highest BCUT2D eigenvalue weighted by Gasteiger charge is 2.26. The van der Waals surface area contributed by atoms with E-state index in [0.717, 1.165) is 45.4 Å². The Hall–Kier alpha value is -2.02. The molecule has 0 bridgehead atoms. The lowest BCUT2D eigenvalue weighted by Crippen LogP contribution is -2.42. The lowest BCUT2D eigenvalue weighted by molar-refractivity contribution is -0.132. The molecule has 26 heavy (non-hydrogen) atoms. The van der Waals surface area contributed by atoms with Crippen LogP contribution >= 0.6 is 0 Å². The summed E-state index contributed by atoms with van der Waals surface area (Å²) in [5, 5.41) is 0. The van der Waals surface area contributed by atoms with E-state index in [1.54, 1.807) is 11.1 Å². The van der Waals surface area contributed by atoms with Gasteiger partial charge in [-0.3, -0.25) is 14.6 Å². The van der Waals surface area contributed by atoms with Crippen molar-refractivity contribution in [1.82, 2.24) is 19.8 Å². The molecule has 1 unspecified atom stereocenters. The van der Waals surface area contributed by atoms with Gasteiger partial charge in [0.2, 0.25) is 5.91 Å². The summed E-state index contributed by atoms with van der Waals surface area (Å²) in [5.74, 6) is 0.628. The maximum absolute atomic E-state index is 12.8. The maximum Gasteiger partial charge on any atom is 0.274 e. The maximum atomic E-state index is 12.8. The highest BCUT2D eigenvalue weighted by molar-refractivity contribution is 5.92. The van der Waals surface area contributed by atoms with Gasteiger partial charge in [-0.25, -0.2) is 4.98 Å². The highest BCUT2D eigenvalue weighted by atomic mass is 16.5. The molecule has 7 nitrogen and oxygen atoms in total. The Bertz CT molecular complexity index is 596. The normalized spacial score (nSPS) is 21.0. The topological polar surface area (TPSA) is 75.6 Å². The third-order valence-electron chi connectivity index (χ3n) is 5.25. The molecule has 3 rings (SSSR count). The lowest BCUT2D eigenvalue weighted by Gasteiger charge is -2.31. The highest BCUT2D eigenvalue weighted by Crippen LogP contribution is 2.18. The number of hydrogen-bond donors (Lipinski definition) is 0. The van der Waals surface area contributed by atoms with Crippen LogP contribution in [0.3, 0.4) is 0 Å². The van der Waals surface area contributed by atoms with E-state index in [1.165, 1.54) is 12.4 Å². The molecule has 0 aliphatic carbocycles. The van der Waals surface area contributed by atoms with Crippen molar-refractivity contribution >= 4 is 11.8 Å². The number of carbonyl (C=O) groups excluding carboxylic acids is 2. The molecule has 3 heterocycles. The summed E-state index contributed by atoms with van der Waals surface area (Å²) in [6.07, 6.45) is 8.99. The minimum Gasteiger partial charge on any atom is -0.376 e. The van der Waals surface area contributed by atoms with Crippen molar-refractivity contribution in [1.29, 1.82) is 0 Å². The molecule has 7 heteroatoms. The number of piperidine rings is 1. The number of rotatable bonds is 6. The summed E-state index contributed by atoms with van der Waals surface area (Å²) in [6.45, 7) is 5.50. The van der Waals surface area contributed by atoms with Gasteiger partial charge in [-0.05, 0) is 31.6 Å². The Labute approximate surface area is 154 Å². The molecule has 1 aromatic heterocycles. The molecule has 2 amide bonds. The molecule has 2 fully saturated rings. The predicted molar refractivity (Wildman–Crippen MR) is 96.5 cm³/mol.